The Kier molecular flexibility index (Phi) is 6.56. The van der Waals surface area contributed by atoms with Gasteiger partial charge in [0.25, 0.3) is 5.91 Å². The first kappa shape index (κ1) is 21.6. The zero-order chi connectivity index (χ0) is 21.8. The number of benzene rings is 2. The molecule has 0 aromatic heterocycles. The van der Waals surface area contributed by atoms with E-state index in [9.17, 15) is 9.59 Å². The monoisotopic (exact) mass is 428 g/mol. The highest BCUT2D eigenvalue weighted by atomic mass is 32.1. The highest BCUT2D eigenvalue weighted by molar-refractivity contribution is 7.80. The van der Waals surface area contributed by atoms with Crippen molar-refractivity contribution in [2.75, 3.05) is 33.9 Å². The number of esters is 1. The first-order valence-corrected chi connectivity index (χ1v) is 10.0. The maximum absolute atomic E-state index is 13.0. The summed E-state index contributed by atoms with van der Waals surface area (Å²) in [5.74, 6) is 0.546. The molecule has 1 fully saturated rings. The molecule has 1 heterocycles. The van der Waals surface area contributed by atoms with Crippen LogP contribution in [0.2, 0.25) is 0 Å². The van der Waals surface area contributed by atoms with Gasteiger partial charge in [0.05, 0.1) is 20.3 Å². The quantitative estimate of drug-likeness (QED) is 0.381. The van der Waals surface area contributed by atoms with Gasteiger partial charge in [0.15, 0.2) is 5.11 Å². The van der Waals surface area contributed by atoms with Crippen LogP contribution in [0.1, 0.15) is 19.4 Å². The highest BCUT2D eigenvalue weighted by Crippen LogP contribution is 2.37. The van der Waals surface area contributed by atoms with Crippen LogP contribution in [0.5, 0.6) is 11.5 Å². The van der Waals surface area contributed by atoms with Gasteiger partial charge in [-0.1, -0.05) is 18.2 Å². The summed E-state index contributed by atoms with van der Waals surface area (Å²) in [6, 6.07) is 9.51. The van der Waals surface area contributed by atoms with Gasteiger partial charge in [-0.05, 0) is 49.8 Å². The Hall–Kier alpha value is -3.13. The van der Waals surface area contributed by atoms with Crippen molar-refractivity contribution in [3.8, 4) is 11.5 Å². The Bertz CT molecular complexity index is 1030. The van der Waals surface area contributed by atoms with E-state index in [2.05, 4.69) is 4.74 Å². The number of ether oxygens (including phenoxy) is 3. The lowest BCUT2D eigenvalue weighted by molar-refractivity contribution is -0.143. The van der Waals surface area contributed by atoms with Gasteiger partial charge in [-0.15, -0.1) is 0 Å². The standard InChI is InChI=1S/C22H24N2O5S/c1-5-28-17-11-10-14(20-15(17)8-7-9-18(20)29-6-2)12-16-21(26)24(13-19(25)27-4)22(30)23(16)3/h7-12H,5-6,13H2,1-4H3/b16-12-. The molecular formula is C22H24N2O5S. The third-order valence-corrected chi connectivity index (χ3v) is 5.24. The van der Waals surface area contributed by atoms with Crippen molar-refractivity contribution in [3.63, 3.8) is 0 Å². The number of rotatable bonds is 7. The third-order valence-electron chi connectivity index (χ3n) is 4.74. The molecule has 158 valence electrons. The van der Waals surface area contributed by atoms with Crippen LogP contribution in [0.15, 0.2) is 36.0 Å². The summed E-state index contributed by atoms with van der Waals surface area (Å²) in [5, 5.41) is 1.98. The zero-order valence-electron chi connectivity index (χ0n) is 17.4. The average molecular weight is 429 g/mol. The van der Waals surface area contributed by atoms with Crippen molar-refractivity contribution in [1.82, 2.24) is 9.80 Å². The predicted molar refractivity (Wildman–Crippen MR) is 118 cm³/mol. The maximum atomic E-state index is 13.0. The number of fused-ring (bicyclic) bond motifs is 1. The number of likely N-dealkylation sites (N-methyl/N-ethyl adjacent to an activating group) is 1. The summed E-state index contributed by atoms with van der Waals surface area (Å²) in [4.78, 5) is 27.5. The minimum Gasteiger partial charge on any atom is -0.493 e. The summed E-state index contributed by atoms with van der Waals surface area (Å²) in [6.45, 7) is 4.65. The maximum Gasteiger partial charge on any atom is 0.325 e. The number of methoxy groups -OCH3 is 1. The van der Waals surface area contributed by atoms with Crippen LogP contribution in [-0.4, -0.2) is 60.7 Å². The molecule has 0 saturated carbocycles. The van der Waals surface area contributed by atoms with E-state index in [1.807, 2.05) is 44.2 Å². The molecule has 7 nitrogen and oxygen atoms in total. The first-order valence-electron chi connectivity index (χ1n) is 9.62. The van der Waals surface area contributed by atoms with Gasteiger partial charge >= 0.3 is 5.97 Å². The SMILES string of the molecule is CCOc1ccc(/C=C2/C(=O)N(CC(=O)OC)C(=S)N2C)c2c(OCC)cccc12. The number of hydrogen-bond donors (Lipinski definition) is 0. The Balaban J connectivity index is 2.13. The molecule has 1 amide bonds. The van der Waals surface area contributed by atoms with Gasteiger partial charge in [0.1, 0.15) is 23.7 Å². The molecule has 30 heavy (non-hydrogen) atoms. The Morgan fingerprint density at radius 1 is 1.10 bits per heavy atom. The number of carbonyl (C=O) groups is 2. The van der Waals surface area contributed by atoms with Crippen LogP contribution in [-0.2, 0) is 14.3 Å². The van der Waals surface area contributed by atoms with Crippen molar-refractivity contribution >= 4 is 46.1 Å². The summed E-state index contributed by atoms with van der Waals surface area (Å²) in [6.07, 6.45) is 1.76. The molecule has 8 heteroatoms. The molecule has 2 aromatic rings. The second kappa shape index (κ2) is 9.13. The van der Waals surface area contributed by atoms with E-state index in [4.69, 9.17) is 21.7 Å². The van der Waals surface area contributed by atoms with E-state index < -0.39 is 5.97 Å². The van der Waals surface area contributed by atoms with E-state index in [-0.39, 0.29) is 17.6 Å². The average Bonchev–Trinajstić information content (AvgIpc) is 2.93. The lowest BCUT2D eigenvalue weighted by Crippen LogP contribution is -2.36. The van der Waals surface area contributed by atoms with Crippen LogP contribution in [0.4, 0.5) is 0 Å². The molecular weight excluding hydrogens is 404 g/mol. The summed E-state index contributed by atoms with van der Waals surface area (Å²) < 4.78 is 16.3. The minimum absolute atomic E-state index is 0.232. The third kappa shape index (κ3) is 3.95. The molecule has 1 aliphatic rings. The van der Waals surface area contributed by atoms with Gasteiger partial charge in [0.2, 0.25) is 0 Å². The molecule has 1 aliphatic heterocycles. The van der Waals surface area contributed by atoms with Crippen LogP contribution in [0, 0.1) is 0 Å². The Morgan fingerprint density at radius 2 is 1.80 bits per heavy atom. The molecule has 0 aliphatic carbocycles. The molecule has 0 spiro atoms. The predicted octanol–water partition coefficient (Wildman–Crippen LogP) is 3.21. The van der Waals surface area contributed by atoms with Gasteiger partial charge in [-0.3, -0.25) is 14.5 Å². The van der Waals surface area contributed by atoms with Crippen molar-refractivity contribution in [1.29, 1.82) is 0 Å². The molecule has 1 saturated heterocycles. The number of carbonyl (C=O) groups excluding carboxylic acids is 2. The number of amides is 1. The van der Waals surface area contributed by atoms with Crippen LogP contribution in [0.25, 0.3) is 16.8 Å². The normalized spacial score (nSPS) is 15.3. The van der Waals surface area contributed by atoms with E-state index >= 15 is 0 Å². The molecule has 0 bridgehead atoms. The molecule has 0 unspecified atom stereocenters. The lowest BCUT2D eigenvalue weighted by Gasteiger charge is -2.15. The molecule has 0 N–H and O–H groups in total. The van der Waals surface area contributed by atoms with Crippen LogP contribution < -0.4 is 9.47 Å². The molecule has 0 radical (unpaired) electrons. The van der Waals surface area contributed by atoms with Gasteiger partial charge in [-0.2, -0.15) is 0 Å². The smallest absolute Gasteiger partial charge is 0.325 e. The van der Waals surface area contributed by atoms with E-state index in [0.29, 0.717) is 24.7 Å². The fourth-order valence-corrected chi connectivity index (χ4v) is 3.59. The summed E-state index contributed by atoms with van der Waals surface area (Å²) in [5.41, 5.74) is 1.15. The van der Waals surface area contributed by atoms with Crippen molar-refractivity contribution in [2.45, 2.75) is 13.8 Å². The van der Waals surface area contributed by atoms with Gasteiger partial charge < -0.3 is 19.1 Å². The lowest BCUT2D eigenvalue weighted by atomic mass is 10.0. The second-order valence-corrected chi connectivity index (χ2v) is 6.90. The van der Waals surface area contributed by atoms with E-state index in [1.165, 1.54) is 12.0 Å². The summed E-state index contributed by atoms with van der Waals surface area (Å²) in [7, 11) is 2.97. The Morgan fingerprint density at radius 3 is 2.47 bits per heavy atom. The van der Waals surface area contributed by atoms with Gasteiger partial charge in [0, 0.05) is 17.8 Å². The van der Waals surface area contributed by atoms with Crippen molar-refractivity contribution in [3.05, 3.63) is 41.6 Å². The fourth-order valence-electron chi connectivity index (χ4n) is 3.34. The number of hydrogen-bond acceptors (Lipinski definition) is 6. The van der Waals surface area contributed by atoms with E-state index in [0.717, 1.165) is 22.1 Å². The summed E-state index contributed by atoms with van der Waals surface area (Å²) >= 11 is 5.36. The largest absolute Gasteiger partial charge is 0.493 e. The minimum atomic E-state index is -0.537. The first-order chi connectivity index (χ1) is 14.4. The van der Waals surface area contributed by atoms with Crippen LogP contribution >= 0.6 is 12.2 Å². The number of nitrogens with zero attached hydrogens (tertiary/aromatic N) is 2. The number of thiocarbonyl (C=S) groups is 1. The van der Waals surface area contributed by atoms with Crippen LogP contribution in [0.3, 0.4) is 0 Å². The van der Waals surface area contributed by atoms with Crippen molar-refractivity contribution < 1.29 is 23.8 Å². The van der Waals surface area contributed by atoms with Gasteiger partial charge in [-0.25, -0.2) is 0 Å². The Labute approximate surface area is 180 Å². The molecule has 0 atom stereocenters. The zero-order valence-corrected chi connectivity index (χ0v) is 18.2. The van der Waals surface area contributed by atoms with Crippen molar-refractivity contribution in [2.24, 2.45) is 0 Å². The van der Waals surface area contributed by atoms with E-state index in [1.54, 1.807) is 18.0 Å². The molecule has 2 aromatic carbocycles. The fraction of sp³-hybridized carbons (Fsp3) is 0.318. The topological polar surface area (TPSA) is 68.3 Å². The molecule has 3 rings (SSSR count). The highest BCUT2D eigenvalue weighted by Gasteiger charge is 2.37. The second-order valence-electron chi connectivity index (χ2n) is 6.54.